The Kier molecular flexibility index (Phi) is 9.65. The summed E-state index contributed by atoms with van der Waals surface area (Å²) in [4.78, 5) is 16.3. The van der Waals surface area contributed by atoms with Crippen molar-refractivity contribution in [3.05, 3.63) is 34.3 Å². The van der Waals surface area contributed by atoms with Crippen LogP contribution < -0.4 is 16.0 Å². The van der Waals surface area contributed by atoms with Crippen molar-refractivity contribution < 1.29 is 9.53 Å². The average molecular weight is 427 g/mol. The number of guanidine groups is 1. The molecule has 1 rings (SSSR count). The molecular formula is C19H31BrN4O2. The summed E-state index contributed by atoms with van der Waals surface area (Å²) in [5.74, 6) is 0.663. The molecule has 1 atom stereocenters. The van der Waals surface area contributed by atoms with Crippen molar-refractivity contribution in [2.45, 2.75) is 33.3 Å². The predicted octanol–water partition coefficient (Wildman–Crippen LogP) is 2.80. The Bertz CT molecular complexity index is 599. The molecule has 26 heavy (non-hydrogen) atoms. The van der Waals surface area contributed by atoms with Crippen LogP contribution >= 0.6 is 15.9 Å². The number of methoxy groups -OCH3 is 1. The van der Waals surface area contributed by atoms with E-state index in [1.807, 2.05) is 12.1 Å². The molecular weight excluding hydrogens is 396 g/mol. The maximum absolute atomic E-state index is 12.1. The largest absolute Gasteiger partial charge is 0.379 e. The first-order valence-electron chi connectivity index (χ1n) is 8.79. The van der Waals surface area contributed by atoms with Gasteiger partial charge in [-0.25, -0.2) is 0 Å². The van der Waals surface area contributed by atoms with Crippen LogP contribution in [0.2, 0.25) is 0 Å². The van der Waals surface area contributed by atoms with Crippen LogP contribution in [-0.4, -0.2) is 51.8 Å². The molecule has 0 heterocycles. The molecule has 1 aromatic rings. The first kappa shape index (κ1) is 22.4. The van der Waals surface area contributed by atoms with Crippen LogP contribution in [0.25, 0.3) is 0 Å². The zero-order chi connectivity index (χ0) is 19.6. The number of carbonyl (C=O) groups is 1. The molecule has 0 aliphatic carbocycles. The van der Waals surface area contributed by atoms with Crippen molar-refractivity contribution in [2.24, 2.45) is 10.4 Å². The van der Waals surface area contributed by atoms with Crippen LogP contribution in [0.4, 0.5) is 0 Å². The van der Waals surface area contributed by atoms with E-state index in [-0.39, 0.29) is 17.4 Å². The first-order valence-corrected chi connectivity index (χ1v) is 9.58. The number of carbonyl (C=O) groups excluding carboxylic acids is 1. The molecule has 0 saturated carbocycles. The number of nitrogens with zero attached hydrogens (tertiary/aromatic N) is 1. The third-order valence-electron chi connectivity index (χ3n) is 3.95. The molecule has 1 unspecified atom stereocenters. The van der Waals surface area contributed by atoms with E-state index in [0.29, 0.717) is 25.2 Å². The molecule has 1 aromatic carbocycles. The highest BCUT2D eigenvalue weighted by molar-refractivity contribution is 9.10. The van der Waals surface area contributed by atoms with Crippen molar-refractivity contribution in [3.8, 4) is 0 Å². The van der Waals surface area contributed by atoms with Gasteiger partial charge in [-0.2, -0.15) is 0 Å². The average Bonchev–Trinajstić information content (AvgIpc) is 2.58. The van der Waals surface area contributed by atoms with Gasteiger partial charge < -0.3 is 20.7 Å². The SMILES string of the molecule is CN=C(NCCCNC(=O)c1cccc(Br)c1)NCC(OC)C(C)(C)C. The van der Waals surface area contributed by atoms with Crippen molar-refractivity contribution in [1.82, 2.24) is 16.0 Å². The molecule has 0 saturated heterocycles. The zero-order valence-electron chi connectivity index (χ0n) is 16.4. The van der Waals surface area contributed by atoms with Crippen LogP contribution in [-0.2, 0) is 4.74 Å². The number of nitrogens with one attached hydrogen (secondary N) is 3. The zero-order valence-corrected chi connectivity index (χ0v) is 17.9. The predicted molar refractivity (Wildman–Crippen MR) is 111 cm³/mol. The Balaban J connectivity index is 2.28. The molecule has 0 aliphatic rings. The van der Waals surface area contributed by atoms with E-state index in [1.165, 1.54) is 0 Å². The van der Waals surface area contributed by atoms with Gasteiger partial charge in [0.15, 0.2) is 5.96 Å². The van der Waals surface area contributed by atoms with Gasteiger partial charge in [-0.15, -0.1) is 0 Å². The van der Waals surface area contributed by atoms with Gasteiger partial charge in [0.05, 0.1) is 6.10 Å². The van der Waals surface area contributed by atoms with Gasteiger partial charge in [0.2, 0.25) is 0 Å². The monoisotopic (exact) mass is 426 g/mol. The number of aliphatic imine (C=N–C) groups is 1. The minimum Gasteiger partial charge on any atom is -0.379 e. The molecule has 3 N–H and O–H groups in total. The number of hydrogen-bond acceptors (Lipinski definition) is 3. The second-order valence-corrected chi connectivity index (χ2v) is 8.01. The minimum atomic E-state index is -0.0677. The van der Waals surface area contributed by atoms with E-state index >= 15 is 0 Å². The number of amides is 1. The first-order chi connectivity index (χ1) is 12.3. The number of hydrogen-bond donors (Lipinski definition) is 3. The topological polar surface area (TPSA) is 74.8 Å². The van der Waals surface area contributed by atoms with Crippen molar-refractivity contribution in [3.63, 3.8) is 0 Å². The summed E-state index contributed by atoms with van der Waals surface area (Å²) >= 11 is 3.37. The fraction of sp³-hybridized carbons (Fsp3) is 0.579. The molecule has 0 aliphatic heterocycles. The van der Waals surface area contributed by atoms with E-state index in [4.69, 9.17) is 4.74 Å². The van der Waals surface area contributed by atoms with E-state index in [9.17, 15) is 4.79 Å². The molecule has 0 bridgehead atoms. The van der Waals surface area contributed by atoms with E-state index < -0.39 is 0 Å². The second-order valence-electron chi connectivity index (χ2n) is 7.09. The van der Waals surface area contributed by atoms with Crippen LogP contribution in [0.15, 0.2) is 33.7 Å². The summed E-state index contributed by atoms with van der Waals surface area (Å²) < 4.78 is 6.43. The third kappa shape index (κ3) is 8.19. The summed E-state index contributed by atoms with van der Waals surface area (Å²) in [5, 5.41) is 9.44. The number of halogens is 1. The summed E-state index contributed by atoms with van der Waals surface area (Å²) in [6.45, 7) is 8.43. The molecule has 0 aromatic heterocycles. The van der Waals surface area contributed by atoms with Gasteiger partial charge >= 0.3 is 0 Å². The lowest BCUT2D eigenvalue weighted by Gasteiger charge is -2.30. The van der Waals surface area contributed by atoms with Crippen molar-refractivity contribution in [1.29, 1.82) is 0 Å². The maximum Gasteiger partial charge on any atom is 0.251 e. The highest BCUT2D eigenvalue weighted by atomic mass is 79.9. The van der Waals surface area contributed by atoms with E-state index in [0.717, 1.165) is 16.9 Å². The molecule has 6 nitrogen and oxygen atoms in total. The fourth-order valence-electron chi connectivity index (χ4n) is 2.38. The Morgan fingerprint density at radius 3 is 2.50 bits per heavy atom. The Labute approximate surface area is 165 Å². The van der Waals surface area contributed by atoms with Gasteiger partial charge in [-0.3, -0.25) is 9.79 Å². The highest BCUT2D eigenvalue weighted by Gasteiger charge is 2.24. The van der Waals surface area contributed by atoms with Gasteiger partial charge in [-0.05, 0) is 30.0 Å². The van der Waals surface area contributed by atoms with Gasteiger partial charge in [0, 0.05) is 43.8 Å². The summed E-state index contributed by atoms with van der Waals surface area (Å²) in [6.07, 6.45) is 0.887. The lowest BCUT2D eigenvalue weighted by atomic mass is 9.89. The second kappa shape index (κ2) is 11.2. The van der Waals surface area contributed by atoms with Gasteiger partial charge in [0.1, 0.15) is 0 Å². The quantitative estimate of drug-likeness (QED) is 0.339. The molecule has 7 heteroatoms. The fourth-order valence-corrected chi connectivity index (χ4v) is 2.78. The lowest BCUT2D eigenvalue weighted by Crippen LogP contribution is -2.45. The van der Waals surface area contributed by atoms with Crippen molar-refractivity contribution >= 4 is 27.8 Å². The van der Waals surface area contributed by atoms with Gasteiger partial charge in [-0.1, -0.05) is 42.8 Å². The van der Waals surface area contributed by atoms with Crippen LogP contribution in [0.1, 0.15) is 37.6 Å². The van der Waals surface area contributed by atoms with Crippen LogP contribution in [0.5, 0.6) is 0 Å². The Hall–Kier alpha value is -1.60. The molecule has 146 valence electrons. The summed E-state index contributed by atoms with van der Waals surface area (Å²) in [6, 6.07) is 7.35. The molecule has 0 fully saturated rings. The highest BCUT2D eigenvalue weighted by Crippen LogP contribution is 2.20. The molecule has 0 spiro atoms. The van der Waals surface area contributed by atoms with Crippen LogP contribution in [0, 0.1) is 5.41 Å². The van der Waals surface area contributed by atoms with Crippen molar-refractivity contribution in [2.75, 3.05) is 33.8 Å². The Morgan fingerprint density at radius 1 is 1.23 bits per heavy atom. The third-order valence-corrected chi connectivity index (χ3v) is 4.44. The molecule has 1 amide bonds. The minimum absolute atomic E-state index is 0.0529. The van der Waals surface area contributed by atoms with Crippen LogP contribution in [0.3, 0.4) is 0 Å². The normalized spacial score (nSPS) is 13.2. The number of ether oxygens (including phenoxy) is 1. The van der Waals surface area contributed by atoms with Gasteiger partial charge in [0.25, 0.3) is 5.91 Å². The van der Waals surface area contributed by atoms with E-state index in [2.05, 4.69) is 57.6 Å². The standard InChI is InChI=1S/C19H31BrN4O2/c1-19(2,3)16(26-5)13-24-18(21-4)23-11-7-10-22-17(25)14-8-6-9-15(20)12-14/h6,8-9,12,16H,7,10-11,13H2,1-5H3,(H,22,25)(H2,21,23,24). The summed E-state index contributed by atoms with van der Waals surface area (Å²) in [5.41, 5.74) is 0.703. The number of rotatable bonds is 8. The van der Waals surface area contributed by atoms with E-state index in [1.54, 1.807) is 26.3 Å². The molecule has 0 radical (unpaired) electrons. The number of benzene rings is 1. The lowest BCUT2D eigenvalue weighted by molar-refractivity contribution is 0.0205. The Morgan fingerprint density at radius 2 is 1.92 bits per heavy atom. The summed E-state index contributed by atoms with van der Waals surface area (Å²) in [7, 11) is 3.46. The maximum atomic E-state index is 12.1. The smallest absolute Gasteiger partial charge is 0.251 e.